The zero-order valence-electron chi connectivity index (χ0n) is 24.1. The Morgan fingerprint density at radius 1 is 0.976 bits per heavy atom. The molecule has 1 heterocycles. The number of carbonyl (C=O) groups excluding carboxylic acids is 2. The lowest BCUT2D eigenvalue weighted by atomic mass is 10.1. The molecule has 1 aromatic heterocycles. The number of anilines is 1. The number of urea groups is 1. The first-order valence-corrected chi connectivity index (χ1v) is 13.8. The van der Waals surface area contributed by atoms with Gasteiger partial charge in [-0.3, -0.25) is 9.36 Å². The van der Waals surface area contributed by atoms with E-state index in [1.165, 1.54) is 0 Å². The van der Waals surface area contributed by atoms with E-state index in [1.54, 1.807) is 66.0 Å². The van der Waals surface area contributed by atoms with Crippen LogP contribution in [-0.4, -0.2) is 46.7 Å². The molecule has 0 saturated carbocycles. The van der Waals surface area contributed by atoms with Crippen molar-refractivity contribution in [3.05, 3.63) is 94.5 Å². The number of esters is 1. The fourth-order valence-corrected chi connectivity index (χ4v) is 4.74. The van der Waals surface area contributed by atoms with Gasteiger partial charge in [-0.1, -0.05) is 32.9 Å². The maximum absolute atomic E-state index is 13.9. The Labute approximate surface area is 239 Å². The van der Waals surface area contributed by atoms with Crippen LogP contribution in [0.2, 0.25) is 0 Å². The quantitative estimate of drug-likeness (QED) is 0.233. The van der Waals surface area contributed by atoms with Crippen LogP contribution in [0.15, 0.2) is 77.6 Å². The number of benzene rings is 3. The van der Waals surface area contributed by atoms with Crippen LogP contribution in [0, 0.1) is 5.92 Å². The van der Waals surface area contributed by atoms with Crippen LogP contribution in [-0.2, 0) is 4.74 Å². The van der Waals surface area contributed by atoms with Crippen LogP contribution < -0.4 is 15.6 Å². The number of rotatable bonds is 10. The Bertz CT molecular complexity index is 1560. The SMILES string of the molecule is CCOC(=O)c1ccc(NC(=O)N(CC(C)C)C(CC)c2nc3ccccc3c(=O)n2-c2ccc(OC)cc2)cc1. The second-order valence-electron chi connectivity index (χ2n) is 10.0. The highest BCUT2D eigenvalue weighted by molar-refractivity contribution is 5.92. The summed E-state index contributed by atoms with van der Waals surface area (Å²) in [6.45, 7) is 8.50. The van der Waals surface area contributed by atoms with Crippen molar-refractivity contribution >= 4 is 28.6 Å². The number of methoxy groups -OCH3 is 1. The van der Waals surface area contributed by atoms with Crippen molar-refractivity contribution < 1.29 is 19.1 Å². The molecule has 0 aliphatic heterocycles. The molecule has 3 aromatic carbocycles. The highest BCUT2D eigenvalue weighted by atomic mass is 16.5. The average Bonchev–Trinajstić information content (AvgIpc) is 2.97. The Hall–Kier alpha value is -4.66. The standard InChI is InChI=1S/C32H36N4O5/c1-6-28(35(20-21(3)4)32(39)33-23-14-12-22(13-15-23)31(38)41-7-2)29-34-27-11-9-8-10-26(27)30(37)36(29)24-16-18-25(40-5)19-17-24/h8-19,21,28H,6-7,20H2,1-5H3,(H,33,39). The predicted molar refractivity (Wildman–Crippen MR) is 160 cm³/mol. The third kappa shape index (κ3) is 6.57. The highest BCUT2D eigenvalue weighted by Gasteiger charge is 2.30. The molecule has 0 aliphatic rings. The third-order valence-electron chi connectivity index (χ3n) is 6.66. The average molecular weight is 557 g/mol. The molecule has 0 bridgehead atoms. The lowest BCUT2D eigenvalue weighted by molar-refractivity contribution is 0.0526. The molecular weight excluding hydrogens is 520 g/mol. The summed E-state index contributed by atoms with van der Waals surface area (Å²) in [5, 5.41) is 3.45. The van der Waals surface area contributed by atoms with E-state index in [0.29, 0.717) is 52.4 Å². The normalized spacial score (nSPS) is 11.8. The van der Waals surface area contributed by atoms with Crippen LogP contribution in [0.25, 0.3) is 16.6 Å². The third-order valence-corrected chi connectivity index (χ3v) is 6.66. The molecule has 41 heavy (non-hydrogen) atoms. The lowest BCUT2D eigenvalue weighted by Gasteiger charge is -2.33. The van der Waals surface area contributed by atoms with Crippen molar-refractivity contribution in [2.45, 2.75) is 40.2 Å². The second kappa shape index (κ2) is 13.1. The Morgan fingerprint density at radius 2 is 1.66 bits per heavy atom. The Kier molecular flexibility index (Phi) is 9.39. The fraction of sp³-hybridized carbons (Fsp3) is 0.312. The summed E-state index contributed by atoms with van der Waals surface area (Å²) in [5.41, 5.74) is 1.91. The van der Waals surface area contributed by atoms with Crippen LogP contribution in [0.3, 0.4) is 0 Å². The number of hydrogen-bond donors (Lipinski definition) is 1. The smallest absolute Gasteiger partial charge is 0.338 e. The summed E-state index contributed by atoms with van der Waals surface area (Å²) in [5.74, 6) is 0.855. The van der Waals surface area contributed by atoms with Crippen molar-refractivity contribution in [1.29, 1.82) is 0 Å². The van der Waals surface area contributed by atoms with Gasteiger partial charge in [0.2, 0.25) is 0 Å². The van der Waals surface area contributed by atoms with Crippen molar-refractivity contribution in [3.63, 3.8) is 0 Å². The molecule has 0 radical (unpaired) electrons. The number of carbonyl (C=O) groups is 2. The number of amides is 2. The van der Waals surface area contributed by atoms with E-state index in [9.17, 15) is 14.4 Å². The van der Waals surface area contributed by atoms with Gasteiger partial charge in [-0.15, -0.1) is 0 Å². The predicted octanol–water partition coefficient (Wildman–Crippen LogP) is 6.21. The highest BCUT2D eigenvalue weighted by Crippen LogP contribution is 2.28. The van der Waals surface area contributed by atoms with Gasteiger partial charge in [-0.05, 0) is 79.9 Å². The van der Waals surface area contributed by atoms with Crippen molar-refractivity contribution in [1.82, 2.24) is 14.5 Å². The van der Waals surface area contributed by atoms with E-state index < -0.39 is 12.0 Å². The molecule has 1 unspecified atom stereocenters. The van der Waals surface area contributed by atoms with Gasteiger partial charge in [0.05, 0.1) is 41.9 Å². The first-order chi connectivity index (χ1) is 19.8. The van der Waals surface area contributed by atoms with Gasteiger partial charge in [-0.25, -0.2) is 14.6 Å². The number of nitrogens with zero attached hydrogens (tertiary/aromatic N) is 3. The van der Waals surface area contributed by atoms with E-state index in [-0.39, 0.29) is 24.1 Å². The zero-order valence-corrected chi connectivity index (χ0v) is 24.1. The summed E-state index contributed by atoms with van der Waals surface area (Å²) in [6, 6.07) is 20.1. The minimum atomic E-state index is -0.518. The van der Waals surface area contributed by atoms with Crippen LogP contribution >= 0.6 is 0 Å². The molecule has 214 valence electrons. The molecule has 4 rings (SSSR count). The summed E-state index contributed by atoms with van der Waals surface area (Å²) in [4.78, 5) is 46.4. The molecule has 4 aromatic rings. The van der Waals surface area contributed by atoms with E-state index in [2.05, 4.69) is 5.32 Å². The van der Waals surface area contributed by atoms with Gasteiger partial charge < -0.3 is 19.7 Å². The first-order valence-electron chi connectivity index (χ1n) is 13.8. The van der Waals surface area contributed by atoms with E-state index >= 15 is 0 Å². The molecule has 9 nitrogen and oxygen atoms in total. The number of para-hydroxylation sites is 1. The number of hydrogen-bond acceptors (Lipinski definition) is 6. The molecule has 0 spiro atoms. The number of aromatic nitrogens is 2. The summed E-state index contributed by atoms with van der Waals surface area (Å²) < 4.78 is 12.0. The van der Waals surface area contributed by atoms with Crippen LogP contribution in [0.4, 0.5) is 10.5 Å². The van der Waals surface area contributed by atoms with E-state index in [4.69, 9.17) is 14.5 Å². The maximum atomic E-state index is 13.9. The Balaban J connectivity index is 1.78. The lowest BCUT2D eigenvalue weighted by Crippen LogP contribution is -2.42. The van der Waals surface area contributed by atoms with Crippen molar-refractivity contribution in [2.24, 2.45) is 5.92 Å². The maximum Gasteiger partial charge on any atom is 0.338 e. The number of fused-ring (bicyclic) bond motifs is 1. The summed E-state index contributed by atoms with van der Waals surface area (Å²) >= 11 is 0. The zero-order chi connectivity index (χ0) is 29.5. The minimum absolute atomic E-state index is 0.141. The summed E-state index contributed by atoms with van der Waals surface area (Å²) in [7, 11) is 1.59. The van der Waals surface area contributed by atoms with Crippen LogP contribution in [0.1, 0.15) is 56.3 Å². The molecular formula is C32H36N4O5. The van der Waals surface area contributed by atoms with Gasteiger partial charge >= 0.3 is 12.0 Å². The van der Waals surface area contributed by atoms with Crippen LogP contribution in [0.5, 0.6) is 5.75 Å². The molecule has 0 fully saturated rings. The van der Waals surface area contributed by atoms with Gasteiger partial charge in [-0.2, -0.15) is 0 Å². The monoisotopic (exact) mass is 556 g/mol. The van der Waals surface area contributed by atoms with E-state index in [1.807, 2.05) is 51.1 Å². The van der Waals surface area contributed by atoms with Gasteiger partial charge in [0.25, 0.3) is 5.56 Å². The first kappa shape index (κ1) is 29.3. The van der Waals surface area contributed by atoms with Crippen molar-refractivity contribution in [3.8, 4) is 11.4 Å². The van der Waals surface area contributed by atoms with Gasteiger partial charge in [0.1, 0.15) is 11.6 Å². The minimum Gasteiger partial charge on any atom is -0.497 e. The van der Waals surface area contributed by atoms with Gasteiger partial charge in [0.15, 0.2) is 0 Å². The Morgan fingerprint density at radius 3 is 2.27 bits per heavy atom. The topological polar surface area (TPSA) is 103 Å². The molecule has 1 atom stereocenters. The molecule has 1 N–H and O–H groups in total. The van der Waals surface area contributed by atoms with Crippen molar-refractivity contribution in [2.75, 3.05) is 25.6 Å². The molecule has 2 amide bonds. The van der Waals surface area contributed by atoms with E-state index in [0.717, 1.165) is 0 Å². The second-order valence-corrected chi connectivity index (χ2v) is 10.0. The number of ether oxygens (including phenoxy) is 2. The summed E-state index contributed by atoms with van der Waals surface area (Å²) in [6.07, 6.45) is 0.517. The fourth-order valence-electron chi connectivity index (χ4n) is 4.74. The van der Waals surface area contributed by atoms with Gasteiger partial charge in [0, 0.05) is 12.2 Å². The molecule has 0 aliphatic carbocycles. The molecule has 9 heteroatoms. The number of nitrogens with one attached hydrogen (secondary N) is 1. The molecule has 0 saturated heterocycles. The largest absolute Gasteiger partial charge is 0.497 e.